The van der Waals surface area contributed by atoms with E-state index in [9.17, 15) is 9.59 Å². The fraction of sp³-hybridized carbons (Fsp3) is 0.500. The number of hydrogen-bond donors (Lipinski definition) is 3. The number of amides is 3. The maximum atomic E-state index is 12.0. The zero-order valence-electron chi connectivity index (χ0n) is 15.7. The summed E-state index contributed by atoms with van der Waals surface area (Å²) in [6.07, 6.45) is 4.02. The predicted molar refractivity (Wildman–Crippen MR) is 99.7 cm³/mol. The van der Waals surface area contributed by atoms with Crippen LogP contribution >= 0.6 is 0 Å². The Balaban J connectivity index is 1.43. The van der Waals surface area contributed by atoms with Gasteiger partial charge in [-0.05, 0) is 44.4 Å². The SMILES string of the molecule is Cc1ccnc(-c2n[nH]c(C(C)NC(=O)NCCCN3CCCC3=O)n2)c1. The molecule has 3 heterocycles. The molecule has 9 nitrogen and oxygen atoms in total. The Labute approximate surface area is 158 Å². The van der Waals surface area contributed by atoms with Gasteiger partial charge in [-0.3, -0.25) is 14.9 Å². The third kappa shape index (κ3) is 5.02. The van der Waals surface area contributed by atoms with Gasteiger partial charge in [0.05, 0.1) is 6.04 Å². The molecular formula is C18H25N7O2. The van der Waals surface area contributed by atoms with Gasteiger partial charge in [-0.1, -0.05) is 0 Å². The minimum Gasteiger partial charge on any atom is -0.343 e. The molecule has 0 radical (unpaired) electrons. The van der Waals surface area contributed by atoms with Crippen molar-refractivity contribution in [3.8, 4) is 11.5 Å². The smallest absolute Gasteiger partial charge is 0.315 e. The lowest BCUT2D eigenvalue weighted by atomic mass is 10.2. The lowest BCUT2D eigenvalue weighted by Gasteiger charge is -2.16. The summed E-state index contributed by atoms with van der Waals surface area (Å²) in [5, 5.41) is 12.7. The number of nitrogens with zero attached hydrogens (tertiary/aromatic N) is 4. The van der Waals surface area contributed by atoms with Gasteiger partial charge in [-0.2, -0.15) is 5.10 Å². The summed E-state index contributed by atoms with van der Waals surface area (Å²) in [4.78, 5) is 34.1. The van der Waals surface area contributed by atoms with Crippen molar-refractivity contribution in [3.63, 3.8) is 0 Å². The number of nitrogens with one attached hydrogen (secondary N) is 3. The van der Waals surface area contributed by atoms with Crippen LogP contribution in [0.4, 0.5) is 4.79 Å². The first-order valence-electron chi connectivity index (χ1n) is 9.20. The van der Waals surface area contributed by atoms with E-state index in [-0.39, 0.29) is 18.0 Å². The van der Waals surface area contributed by atoms with E-state index >= 15 is 0 Å². The van der Waals surface area contributed by atoms with Crippen LogP contribution in [0.1, 0.15) is 43.6 Å². The van der Waals surface area contributed by atoms with Gasteiger partial charge in [0.1, 0.15) is 11.5 Å². The minimum absolute atomic E-state index is 0.206. The third-order valence-electron chi connectivity index (χ3n) is 4.47. The Morgan fingerprint density at radius 2 is 2.30 bits per heavy atom. The zero-order chi connectivity index (χ0) is 19.2. The highest BCUT2D eigenvalue weighted by Gasteiger charge is 2.19. The number of likely N-dealkylation sites (tertiary alicyclic amines) is 1. The van der Waals surface area contributed by atoms with Crippen LogP contribution < -0.4 is 10.6 Å². The molecule has 0 aliphatic carbocycles. The largest absolute Gasteiger partial charge is 0.343 e. The number of H-pyrrole nitrogens is 1. The molecule has 9 heteroatoms. The van der Waals surface area contributed by atoms with Gasteiger partial charge < -0.3 is 15.5 Å². The van der Waals surface area contributed by atoms with E-state index in [1.165, 1.54) is 0 Å². The van der Waals surface area contributed by atoms with E-state index in [4.69, 9.17) is 0 Å². The Bertz CT molecular complexity index is 805. The predicted octanol–water partition coefficient (Wildman–Crippen LogP) is 1.55. The zero-order valence-corrected chi connectivity index (χ0v) is 15.7. The molecule has 1 aliphatic heterocycles. The number of aromatic nitrogens is 4. The second-order valence-electron chi connectivity index (χ2n) is 6.72. The van der Waals surface area contributed by atoms with Crippen LogP contribution in [-0.4, -0.2) is 56.6 Å². The van der Waals surface area contributed by atoms with Crippen molar-refractivity contribution in [3.05, 3.63) is 29.7 Å². The fourth-order valence-corrected chi connectivity index (χ4v) is 2.97. The third-order valence-corrected chi connectivity index (χ3v) is 4.47. The Kier molecular flexibility index (Phi) is 6.00. The summed E-state index contributed by atoms with van der Waals surface area (Å²) >= 11 is 0. The van der Waals surface area contributed by atoms with Gasteiger partial charge in [0.25, 0.3) is 0 Å². The van der Waals surface area contributed by atoms with Crippen molar-refractivity contribution in [1.82, 2.24) is 35.7 Å². The quantitative estimate of drug-likeness (QED) is 0.639. The molecule has 0 saturated carbocycles. The number of aromatic amines is 1. The van der Waals surface area contributed by atoms with Crippen LogP contribution in [0.25, 0.3) is 11.5 Å². The van der Waals surface area contributed by atoms with Crippen molar-refractivity contribution < 1.29 is 9.59 Å². The monoisotopic (exact) mass is 371 g/mol. The van der Waals surface area contributed by atoms with Gasteiger partial charge in [0.15, 0.2) is 5.82 Å². The summed E-state index contributed by atoms with van der Waals surface area (Å²) in [5.41, 5.74) is 1.76. The lowest BCUT2D eigenvalue weighted by Crippen LogP contribution is -2.38. The number of rotatable bonds is 7. The first kappa shape index (κ1) is 18.8. The maximum absolute atomic E-state index is 12.0. The molecule has 3 rings (SSSR count). The summed E-state index contributed by atoms with van der Waals surface area (Å²) in [7, 11) is 0. The second-order valence-corrected chi connectivity index (χ2v) is 6.72. The first-order valence-corrected chi connectivity index (χ1v) is 9.20. The minimum atomic E-state index is -0.323. The average Bonchev–Trinajstić information content (AvgIpc) is 3.28. The summed E-state index contributed by atoms with van der Waals surface area (Å²) < 4.78 is 0. The molecule has 1 fully saturated rings. The van der Waals surface area contributed by atoms with E-state index in [0.29, 0.717) is 36.9 Å². The Morgan fingerprint density at radius 1 is 1.44 bits per heavy atom. The van der Waals surface area contributed by atoms with Crippen LogP contribution in [0.15, 0.2) is 18.3 Å². The number of hydrogen-bond acceptors (Lipinski definition) is 5. The molecule has 0 aromatic carbocycles. The summed E-state index contributed by atoms with van der Waals surface area (Å²) in [6.45, 7) is 5.83. The molecule has 1 aliphatic rings. The molecule has 2 aromatic rings. The highest BCUT2D eigenvalue weighted by molar-refractivity contribution is 5.78. The van der Waals surface area contributed by atoms with E-state index in [0.717, 1.165) is 24.9 Å². The molecule has 27 heavy (non-hydrogen) atoms. The average molecular weight is 371 g/mol. The molecule has 3 amide bonds. The Morgan fingerprint density at radius 3 is 3.04 bits per heavy atom. The molecule has 3 N–H and O–H groups in total. The van der Waals surface area contributed by atoms with Crippen LogP contribution in [0.3, 0.4) is 0 Å². The molecule has 0 bridgehead atoms. The molecule has 1 saturated heterocycles. The van der Waals surface area contributed by atoms with Crippen molar-refractivity contribution in [2.24, 2.45) is 0 Å². The van der Waals surface area contributed by atoms with Crippen molar-refractivity contribution in [2.45, 2.75) is 39.2 Å². The number of pyridine rings is 1. The molecular weight excluding hydrogens is 346 g/mol. The number of urea groups is 1. The molecule has 1 atom stereocenters. The summed E-state index contributed by atoms with van der Waals surface area (Å²) in [6, 6.07) is 3.21. The van der Waals surface area contributed by atoms with Gasteiger partial charge in [0, 0.05) is 32.3 Å². The molecule has 144 valence electrons. The lowest BCUT2D eigenvalue weighted by molar-refractivity contribution is -0.127. The number of carbonyl (C=O) groups is 2. The highest BCUT2D eigenvalue weighted by Crippen LogP contribution is 2.15. The highest BCUT2D eigenvalue weighted by atomic mass is 16.2. The van der Waals surface area contributed by atoms with Crippen LogP contribution in [0.2, 0.25) is 0 Å². The van der Waals surface area contributed by atoms with Crippen LogP contribution in [-0.2, 0) is 4.79 Å². The van der Waals surface area contributed by atoms with E-state index in [2.05, 4.69) is 30.8 Å². The molecule has 1 unspecified atom stereocenters. The molecule has 0 spiro atoms. The normalized spacial score (nSPS) is 15.0. The van der Waals surface area contributed by atoms with Gasteiger partial charge in [-0.25, -0.2) is 9.78 Å². The van der Waals surface area contributed by atoms with Crippen molar-refractivity contribution >= 4 is 11.9 Å². The Hall–Kier alpha value is -2.97. The van der Waals surface area contributed by atoms with Crippen LogP contribution in [0.5, 0.6) is 0 Å². The van der Waals surface area contributed by atoms with Crippen LogP contribution in [0, 0.1) is 6.92 Å². The second kappa shape index (κ2) is 8.61. The van der Waals surface area contributed by atoms with Gasteiger partial charge in [-0.15, -0.1) is 0 Å². The fourth-order valence-electron chi connectivity index (χ4n) is 2.97. The first-order chi connectivity index (χ1) is 13.0. The summed E-state index contributed by atoms with van der Waals surface area (Å²) in [5.74, 6) is 1.27. The van der Waals surface area contributed by atoms with Gasteiger partial charge in [0.2, 0.25) is 5.91 Å². The van der Waals surface area contributed by atoms with E-state index in [1.54, 1.807) is 6.20 Å². The van der Waals surface area contributed by atoms with E-state index in [1.807, 2.05) is 30.9 Å². The number of carbonyl (C=O) groups excluding carboxylic acids is 2. The maximum Gasteiger partial charge on any atom is 0.315 e. The topological polar surface area (TPSA) is 116 Å². The van der Waals surface area contributed by atoms with E-state index < -0.39 is 0 Å². The van der Waals surface area contributed by atoms with Crippen molar-refractivity contribution in [1.29, 1.82) is 0 Å². The molecule has 2 aromatic heterocycles. The standard InChI is InChI=1S/C18H25N7O2/c1-12-6-8-19-14(11-12)17-22-16(23-24-17)13(2)21-18(27)20-7-4-10-25-9-3-5-15(25)26/h6,8,11,13H,3-5,7,9-10H2,1-2H3,(H2,20,21,27)(H,22,23,24). The van der Waals surface area contributed by atoms with Crippen molar-refractivity contribution in [2.75, 3.05) is 19.6 Å². The number of aryl methyl sites for hydroxylation is 1. The van der Waals surface area contributed by atoms with Gasteiger partial charge >= 0.3 is 6.03 Å².